The first-order valence-corrected chi connectivity index (χ1v) is 9.10. The Kier molecular flexibility index (Phi) is 8.94. The minimum absolute atomic E-state index is 0.327. The van der Waals surface area contributed by atoms with Gasteiger partial charge in [0.25, 0.3) is 0 Å². The molecule has 0 fully saturated rings. The quantitative estimate of drug-likeness (QED) is 0.600. The Balaban J connectivity index is 4.84. The van der Waals surface area contributed by atoms with Crippen molar-refractivity contribution in [2.45, 2.75) is 52.4 Å². The third-order valence-electron chi connectivity index (χ3n) is 1.92. The fraction of sp³-hybridized carbons (Fsp3) is 0.909. The summed E-state index contributed by atoms with van der Waals surface area (Å²) >= 11 is 1.53. The third kappa shape index (κ3) is 8.65. The van der Waals surface area contributed by atoms with E-state index in [0.29, 0.717) is 12.2 Å². The molecule has 0 spiro atoms. The lowest BCUT2D eigenvalue weighted by molar-refractivity contribution is -0.139. The van der Waals surface area contributed by atoms with Gasteiger partial charge in [0.1, 0.15) is 6.04 Å². The van der Waals surface area contributed by atoms with Crippen molar-refractivity contribution >= 4 is 25.5 Å². The van der Waals surface area contributed by atoms with Crippen LogP contribution in [-0.4, -0.2) is 41.3 Å². The Hall–Kier alpha value is -0.0700. The van der Waals surface area contributed by atoms with E-state index >= 15 is 0 Å². The number of hydrogen-bond donors (Lipinski definition) is 2. The molecule has 0 aromatic carbocycles. The van der Waals surface area contributed by atoms with E-state index in [1.807, 2.05) is 6.26 Å². The number of carboxylic acids is 1. The van der Waals surface area contributed by atoms with Gasteiger partial charge in [-0.15, -0.1) is 0 Å². The number of thioether (sulfide) groups is 1. The van der Waals surface area contributed by atoms with Crippen molar-refractivity contribution < 1.29 is 23.5 Å². The summed E-state index contributed by atoms with van der Waals surface area (Å²) < 4.78 is 23.0. The fourth-order valence-electron chi connectivity index (χ4n) is 1.31. The number of nitrogens with one attached hydrogen (secondary N) is 1. The number of rotatable bonds is 10. The van der Waals surface area contributed by atoms with Gasteiger partial charge in [-0.2, -0.15) is 11.8 Å². The molecule has 0 saturated carbocycles. The summed E-state index contributed by atoms with van der Waals surface area (Å²) in [6, 6.07) is -0.948. The largest absolute Gasteiger partial charge is 0.480 e. The van der Waals surface area contributed by atoms with Gasteiger partial charge in [-0.05, 0) is 46.1 Å². The molecule has 0 heterocycles. The van der Waals surface area contributed by atoms with Gasteiger partial charge in [0.05, 0.1) is 12.2 Å². The second kappa shape index (κ2) is 8.97. The average molecular weight is 313 g/mol. The molecule has 6 nitrogen and oxygen atoms in total. The summed E-state index contributed by atoms with van der Waals surface area (Å²) in [5.41, 5.74) is 0. The van der Waals surface area contributed by atoms with Crippen molar-refractivity contribution in [3.63, 3.8) is 0 Å². The molecule has 1 unspecified atom stereocenters. The molecule has 19 heavy (non-hydrogen) atoms. The molecule has 0 amide bonds. The number of aliphatic carboxylic acids is 1. The molecule has 0 bridgehead atoms. The number of carbonyl (C=O) groups is 1. The standard InChI is InChI=1S/C11H24NO5PS/c1-8(2)16-18(15,17-9(3)4)12-10(11(13)14)6-7-19-5/h8-10H,6-7H2,1-5H3,(H,12,15)(H,13,14). The minimum Gasteiger partial charge on any atom is -0.480 e. The zero-order valence-corrected chi connectivity index (χ0v) is 13.8. The van der Waals surface area contributed by atoms with Crippen LogP contribution in [0.4, 0.5) is 0 Å². The van der Waals surface area contributed by atoms with Crippen LogP contribution >= 0.6 is 19.5 Å². The number of carboxylic acid groups (broad SMARTS) is 1. The summed E-state index contributed by atoms with van der Waals surface area (Å²) in [6.45, 7) is 6.87. The first-order valence-electron chi connectivity index (χ1n) is 6.16. The molecule has 0 saturated heterocycles. The van der Waals surface area contributed by atoms with Crippen molar-refractivity contribution in [2.75, 3.05) is 12.0 Å². The maximum atomic E-state index is 12.5. The third-order valence-corrected chi connectivity index (χ3v) is 4.59. The Morgan fingerprint density at radius 1 is 1.26 bits per heavy atom. The lowest BCUT2D eigenvalue weighted by Crippen LogP contribution is -2.37. The summed E-state index contributed by atoms with van der Waals surface area (Å²) in [5, 5.41) is 11.7. The van der Waals surface area contributed by atoms with Gasteiger partial charge in [0.15, 0.2) is 0 Å². The van der Waals surface area contributed by atoms with Crippen LogP contribution in [0.5, 0.6) is 0 Å². The summed E-state index contributed by atoms with van der Waals surface area (Å²) in [4.78, 5) is 11.2. The number of hydrogen-bond acceptors (Lipinski definition) is 5. The Morgan fingerprint density at radius 3 is 2.05 bits per heavy atom. The smallest absolute Gasteiger partial charge is 0.406 e. The summed E-state index contributed by atoms with van der Waals surface area (Å²) in [6.07, 6.45) is 1.58. The molecule has 0 aliphatic heterocycles. The van der Waals surface area contributed by atoms with E-state index in [0.717, 1.165) is 0 Å². The lowest BCUT2D eigenvalue weighted by atomic mass is 10.2. The van der Waals surface area contributed by atoms with E-state index in [2.05, 4.69) is 5.09 Å². The highest BCUT2D eigenvalue weighted by Crippen LogP contribution is 2.47. The zero-order chi connectivity index (χ0) is 15.1. The minimum atomic E-state index is -3.62. The van der Waals surface area contributed by atoms with E-state index in [4.69, 9.17) is 14.2 Å². The molecule has 2 N–H and O–H groups in total. The van der Waals surface area contributed by atoms with Crippen molar-refractivity contribution in [2.24, 2.45) is 0 Å². The second-order valence-corrected chi connectivity index (χ2v) is 7.27. The van der Waals surface area contributed by atoms with E-state index in [9.17, 15) is 9.36 Å². The van der Waals surface area contributed by atoms with Crippen molar-refractivity contribution in [1.29, 1.82) is 0 Å². The molecular weight excluding hydrogens is 289 g/mol. The molecule has 114 valence electrons. The van der Waals surface area contributed by atoms with E-state index in [-0.39, 0.29) is 12.2 Å². The molecule has 0 rings (SSSR count). The predicted molar refractivity (Wildman–Crippen MR) is 77.6 cm³/mol. The maximum absolute atomic E-state index is 12.5. The topological polar surface area (TPSA) is 84.9 Å². The zero-order valence-electron chi connectivity index (χ0n) is 12.1. The first-order chi connectivity index (χ1) is 8.70. The molecule has 0 aliphatic rings. The van der Waals surface area contributed by atoms with Gasteiger partial charge in [-0.3, -0.25) is 13.8 Å². The Morgan fingerprint density at radius 2 is 1.74 bits per heavy atom. The first kappa shape index (κ1) is 18.9. The van der Waals surface area contributed by atoms with Gasteiger partial charge in [-0.25, -0.2) is 9.65 Å². The van der Waals surface area contributed by atoms with E-state index in [1.54, 1.807) is 27.7 Å². The van der Waals surface area contributed by atoms with Crippen LogP contribution in [0.3, 0.4) is 0 Å². The van der Waals surface area contributed by atoms with Gasteiger partial charge in [0, 0.05) is 0 Å². The van der Waals surface area contributed by atoms with Crippen LogP contribution < -0.4 is 5.09 Å². The molecular formula is C11H24NO5PS. The van der Waals surface area contributed by atoms with Crippen LogP contribution in [0.15, 0.2) is 0 Å². The van der Waals surface area contributed by atoms with Crippen LogP contribution in [0.2, 0.25) is 0 Å². The Bertz CT molecular complexity index is 310. The SMILES string of the molecule is CSCCC(NP(=O)(OC(C)C)OC(C)C)C(=O)O. The van der Waals surface area contributed by atoms with E-state index in [1.165, 1.54) is 11.8 Å². The van der Waals surface area contributed by atoms with Crippen LogP contribution in [0.25, 0.3) is 0 Å². The molecule has 1 atom stereocenters. The van der Waals surface area contributed by atoms with Gasteiger partial charge in [-0.1, -0.05) is 0 Å². The van der Waals surface area contributed by atoms with E-state index < -0.39 is 19.8 Å². The van der Waals surface area contributed by atoms with Crippen LogP contribution in [0, 0.1) is 0 Å². The second-order valence-electron chi connectivity index (χ2n) is 4.61. The Labute approximate surface area is 119 Å². The molecule has 0 aromatic rings. The van der Waals surface area contributed by atoms with Gasteiger partial charge >= 0.3 is 13.7 Å². The van der Waals surface area contributed by atoms with Crippen LogP contribution in [0.1, 0.15) is 34.1 Å². The van der Waals surface area contributed by atoms with Gasteiger partial charge < -0.3 is 5.11 Å². The molecule has 0 aromatic heterocycles. The molecule has 0 radical (unpaired) electrons. The highest BCUT2D eigenvalue weighted by atomic mass is 32.2. The van der Waals surface area contributed by atoms with Crippen molar-refractivity contribution in [1.82, 2.24) is 5.09 Å². The molecule has 0 aliphatic carbocycles. The predicted octanol–water partition coefficient (Wildman–Crippen LogP) is 2.74. The monoisotopic (exact) mass is 313 g/mol. The highest BCUT2D eigenvalue weighted by molar-refractivity contribution is 7.98. The van der Waals surface area contributed by atoms with Crippen molar-refractivity contribution in [3.8, 4) is 0 Å². The summed E-state index contributed by atoms with van der Waals surface area (Å²) in [7, 11) is -3.62. The normalized spacial score (nSPS) is 14.1. The molecule has 8 heteroatoms. The fourth-order valence-corrected chi connectivity index (χ4v) is 3.68. The van der Waals surface area contributed by atoms with Crippen LogP contribution in [-0.2, 0) is 18.4 Å². The van der Waals surface area contributed by atoms with Crippen molar-refractivity contribution in [3.05, 3.63) is 0 Å². The highest BCUT2D eigenvalue weighted by Gasteiger charge is 2.33. The summed E-state index contributed by atoms with van der Waals surface area (Å²) in [5.74, 6) is -0.415. The average Bonchev–Trinajstić information content (AvgIpc) is 2.21. The van der Waals surface area contributed by atoms with Gasteiger partial charge in [0.2, 0.25) is 0 Å². The maximum Gasteiger partial charge on any atom is 0.406 e. The lowest BCUT2D eigenvalue weighted by Gasteiger charge is -2.26.